The molecule has 1 fully saturated rings. The van der Waals surface area contributed by atoms with Crippen LogP contribution in [0.25, 0.3) is 0 Å². The van der Waals surface area contributed by atoms with Crippen LogP contribution in [0.15, 0.2) is 48.5 Å². The molecular formula is C20H24O3. The summed E-state index contributed by atoms with van der Waals surface area (Å²) in [5.41, 5.74) is 1.47. The Morgan fingerprint density at radius 3 is 2.35 bits per heavy atom. The van der Waals surface area contributed by atoms with Crippen LogP contribution in [0.2, 0.25) is 0 Å². The van der Waals surface area contributed by atoms with Crippen LogP contribution in [0.1, 0.15) is 30.9 Å². The first-order valence-corrected chi connectivity index (χ1v) is 8.16. The van der Waals surface area contributed by atoms with Crippen molar-refractivity contribution in [2.75, 3.05) is 6.61 Å². The molecule has 1 aliphatic carbocycles. The summed E-state index contributed by atoms with van der Waals surface area (Å²) < 4.78 is 11.7. The molecule has 0 amide bonds. The lowest BCUT2D eigenvalue weighted by Gasteiger charge is -2.23. The van der Waals surface area contributed by atoms with Crippen molar-refractivity contribution in [3.63, 3.8) is 0 Å². The molecule has 0 bridgehead atoms. The maximum atomic E-state index is 10.3. The number of hydrogen-bond acceptors (Lipinski definition) is 3. The molecule has 1 unspecified atom stereocenters. The third-order valence-electron chi connectivity index (χ3n) is 4.26. The Hall–Kier alpha value is -2.00. The number of hydrogen-bond donors (Lipinski definition) is 1. The fraction of sp³-hybridized carbons (Fsp3) is 0.400. The molecule has 0 aliphatic heterocycles. The van der Waals surface area contributed by atoms with E-state index in [2.05, 4.69) is 0 Å². The van der Waals surface area contributed by atoms with E-state index in [1.54, 1.807) is 0 Å². The molecule has 0 aromatic heterocycles. The van der Waals surface area contributed by atoms with Crippen molar-refractivity contribution in [1.29, 1.82) is 0 Å². The maximum absolute atomic E-state index is 10.3. The predicted octanol–water partition coefficient (Wildman–Crippen LogP) is 4.11. The van der Waals surface area contributed by atoms with E-state index in [9.17, 15) is 5.11 Å². The Labute approximate surface area is 137 Å². The van der Waals surface area contributed by atoms with Crippen LogP contribution in [0.5, 0.6) is 11.5 Å². The molecule has 1 saturated carbocycles. The van der Waals surface area contributed by atoms with E-state index >= 15 is 0 Å². The SMILES string of the molecule is Cc1cc(OCc2ccccc2)cc(OCC(C)(O)C2CC2)c1. The number of ether oxygens (including phenoxy) is 2. The van der Waals surface area contributed by atoms with Crippen molar-refractivity contribution in [2.45, 2.75) is 38.9 Å². The third-order valence-corrected chi connectivity index (χ3v) is 4.26. The van der Waals surface area contributed by atoms with Gasteiger partial charge in [0.15, 0.2) is 0 Å². The van der Waals surface area contributed by atoms with Gasteiger partial charge in [-0.15, -0.1) is 0 Å². The molecule has 3 nitrogen and oxygen atoms in total. The van der Waals surface area contributed by atoms with Gasteiger partial charge in [0.25, 0.3) is 0 Å². The largest absolute Gasteiger partial charge is 0.490 e. The maximum Gasteiger partial charge on any atom is 0.123 e. The average molecular weight is 312 g/mol. The number of aryl methyl sites for hydroxylation is 1. The highest BCUT2D eigenvalue weighted by molar-refractivity contribution is 5.38. The summed E-state index contributed by atoms with van der Waals surface area (Å²) >= 11 is 0. The predicted molar refractivity (Wildman–Crippen MR) is 90.8 cm³/mol. The Morgan fingerprint density at radius 1 is 1.04 bits per heavy atom. The van der Waals surface area contributed by atoms with Crippen LogP contribution in [0.3, 0.4) is 0 Å². The van der Waals surface area contributed by atoms with Gasteiger partial charge in [0.2, 0.25) is 0 Å². The van der Waals surface area contributed by atoms with Gasteiger partial charge in [-0.1, -0.05) is 30.3 Å². The lowest BCUT2D eigenvalue weighted by Crippen LogP contribution is -2.34. The van der Waals surface area contributed by atoms with Gasteiger partial charge in [0.1, 0.15) is 24.7 Å². The standard InChI is InChI=1S/C20H24O3/c1-15-10-18(22-13-16-6-4-3-5-7-16)12-19(11-15)23-14-20(2,21)17-8-9-17/h3-7,10-12,17,21H,8-9,13-14H2,1-2H3. The molecule has 3 heteroatoms. The second kappa shape index (κ2) is 6.63. The average Bonchev–Trinajstić information content (AvgIpc) is 3.37. The summed E-state index contributed by atoms with van der Waals surface area (Å²) in [4.78, 5) is 0. The zero-order chi connectivity index (χ0) is 16.3. The van der Waals surface area contributed by atoms with E-state index in [0.717, 1.165) is 35.5 Å². The molecule has 0 spiro atoms. The van der Waals surface area contributed by atoms with E-state index in [4.69, 9.17) is 9.47 Å². The van der Waals surface area contributed by atoms with Crippen molar-refractivity contribution in [2.24, 2.45) is 5.92 Å². The van der Waals surface area contributed by atoms with Crippen LogP contribution in [-0.4, -0.2) is 17.3 Å². The minimum atomic E-state index is -0.741. The molecule has 23 heavy (non-hydrogen) atoms. The molecule has 0 radical (unpaired) electrons. The third kappa shape index (κ3) is 4.49. The van der Waals surface area contributed by atoms with Gasteiger partial charge in [0.05, 0.1) is 5.60 Å². The number of rotatable bonds is 7. The van der Waals surface area contributed by atoms with Crippen molar-refractivity contribution in [3.8, 4) is 11.5 Å². The molecule has 1 aliphatic rings. The molecule has 2 aromatic carbocycles. The molecule has 1 atom stereocenters. The first-order chi connectivity index (χ1) is 11.0. The summed E-state index contributed by atoms with van der Waals surface area (Å²) in [6.07, 6.45) is 2.19. The lowest BCUT2D eigenvalue weighted by atomic mass is 10.0. The first-order valence-electron chi connectivity index (χ1n) is 8.16. The minimum Gasteiger partial charge on any atom is -0.490 e. The van der Waals surface area contributed by atoms with Gasteiger partial charge in [-0.3, -0.25) is 0 Å². The Kier molecular flexibility index (Phi) is 4.58. The molecule has 3 rings (SSSR count). The van der Waals surface area contributed by atoms with Gasteiger partial charge in [-0.25, -0.2) is 0 Å². The Morgan fingerprint density at radius 2 is 1.70 bits per heavy atom. The van der Waals surface area contributed by atoms with Crippen molar-refractivity contribution in [3.05, 3.63) is 59.7 Å². The van der Waals surface area contributed by atoms with Crippen LogP contribution < -0.4 is 9.47 Å². The topological polar surface area (TPSA) is 38.7 Å². The van der Waals surface area contributed by atoms with Crippen molar-refractivity contribution < 1.29 is 14.6 Å². The number of benzene rings is 2. The van der Waals surface area contributed by atoms with E-state index in [1.807, 2.05) is 62.4 Å². The summed E-state index contributed by atoms with van der Waals surface area (Å²) in [5.74, 6) is 1.91. The molecular weight excluding hydrogens is 288 g/mol. The van der Waals surface area contributed by atoms with Crippen molar-refractivity contribution >= 4 is 0 Å². The second-order valence-corrected chi connectivity index (χ2v) is 6.68. The minimum absolute atomic E-state index is 0.319. The van der Waals surface area contributed by atoms with E-state index in [-0.39, 0.29) is 0 Å². The fourth-order valence-electron chi connectivity index (χ4n) is 2.67. The van der Waals surface area contributed by atoms with Crippen molar-refractivity contribution in [1.82, 2.24) is 0 Å². The zero-order valence-electron chi connectivity index (χ0n) is 13.8. The quantitative estimate of drug-likeness (QED) is 0.836. The highest BCUT2D eigenvalue weighted by atomic mass is 16.5. The number of aliphatic hydroxyl groups is 1. The molecule has 2 aromatic rings. The smallest absolute Gasteiger partial charge is 0.123 e. The van der Waals surface area contributed by atoms with Crippen LogP contribution >= 0.6 is 0 Å². The Balaban J connectivity index is 1.62. The van der Waals surface area contributed by atoms with E-state index < -0.39 is 5.60 Å². The van der Waals surface area contributed by atoms with E-state index in [0.29, 0.717) is 19.1 Å². The van der Waals surface area contributed by atoms with E-state index in [1.165, 1.54) is 0 Å². The second-order valence-electron chi connectivity index (χ2n) is 6.68. The molecule has 0 heterocycles. The molecule has 1 N–H and O–H groups in total. The van der Waals surface area contributed by atoms with Gasteiger partial charge in [-0.2, -0.15) is 0 Å². The summed E-state index contributed by atoms with van der Waals surface area (Å²) in [6.45, 7) is 4.72. The molecule has 0 saturated heterocycles. The summed E-state index contributed by atoms with van der Waals surface area (Å²) in [7, 11) is 0. The zero-order valence-corrected chi connectivity index (χ0v) is 13.8. The van der Waals surface area contributed by atoms with Gasteiger partial charge in [0, 0.05) is 6.07 Å². The first kappa shape index (κ1) is 15.9. The highest BCUT2D eigenvalue weighted by Gasteiger charge is 2.40. The van der Waals surface area contributed by atoms with Gasteiger partial charge < -0.3 is 14.6 Å². The van der Waals surface area contributed by atoms with Crippen LogP contribution in [-0.2, 0) is 6.61 Å². The van der Waals surface area contributed by atoms with Gasteiger partial charge >= 0.3 is 0 Å². The molecule has 122 valence electrons. The monoisotopic (exact) mass is 312 g/mol. The Bertz CT molecular complexity index is 645. The summed E-state index contributed by atoms with van der Waals surface area (Å²) in [6, 6.07) is 15.9. The van der Waals surface area contributed by atoms with Crippen LogP contribution in [0, 0.1) is 12.8 Å². The lowest BCUT2D eigenvalue weighted by molar-refractivity contribution is -0.00771. The summed E-state index contributed by atoms with van der Waals surface area (Å²) in [5, 5.41) is 10.3. The fourth-order valence-corrected chi connectivity index (χ4v) is 2.67. The van der Waals surface area contributed by atoms with Crippen LogP contribution in [0.4, 0.5) is 0 Å². The normalized spacial score (nSPS) is 16.7. The highest BCUT2D eigenvalue weighted by Crippen LogP contribution is 2.39. The van der Waals surface area contributed by atoms with Gasteiger partial charge in [-0.05, 0) is 55.9 Å².